The number of ether oxygens (including phenoxy) is 1. The highest BCUT2D eigenvalue weighted by Gasteiger charge is 2.27. The molecule has 0 fully saturated rings. The second-order valence-electron chi connectivity index (χ2n) is 7.18. The van der Waals surface area contributed by atoms with E-state index in [0.29, 0.717) is 32.2 Å². The number of fused-ring (bicyclic) bond motifs is 1. The van der Waals surface area contributed by atoms with Crippen LogP contribution in [0.25, 0.3) is 5.69 Å². The zero-order chi connectivity index (χ0) is 22.7. The Morgan fingerprint density at radius 3 is 2.59 bits per heavy atom. The Hall–Kier alpha value is -3.04. The molecule has 0 bridgehead atoms. The summed E-state index contributed by atoms with van der Waals surface area (Å²) in [5, 5.41) is 3.59. The van der Waals surface area contributed by atoms with E-state index < -0.39 is 5.97 Å². The number of thioether (sulfide) groups is 2. The summed E-state index contributed by atoms with van der Waals surface area (Å²) in [4.78, 5) is 42.7. The molecule has 4 rings (SSSR count). The van der Waals surface area contributed by atoms with Crippen molar-refractivity contribution in [2.24, 2.45) is 0 Å². The first-order chi connectivity index (χ1) is 15.5. The molecule has 0 radical (unpaired) electrons. The summed E-state index contributed by atoms with van der Waals surface area (Å²) >= 11 is 2.77. The quantitative estimate of drug-likeness (QED) is 0.335. The third kappa shape index (κ3) is 4.73. The molecule has 32 heavy (non-hydrogen) atoms. The fourth-order valence-corrected chi connectivity index (χ4v) is 5.26. The summed E-state index contributed by atoms with van der Waals surface area (Å²) in [6.45, 7) is 2.07. The molecule has 0 saturated heterocycles. The molecular formula is C23H21N3O4S2. The van der Waals surface area contributed by atoms with Crippen molar-refractivity contribution < 1.29 is 14.3 Å². The van der Waals surface area contributed by atoms with Gasteiger partial charge in [0, 0.05) is 17.4 Å². The van der Waals surface area contributed by atoms with E-state index in [2.05, 4.69) is 17.0 Å². The summed E-state index contributed by atoms with van der Waals surface area (Å²) in [7, 11) is 1.32. The molecule has 3 aromatic rings. The lowest BCUT2D eigenvalue weighted by Gasteiger charge is -2.13. The predicted molar refractivity (Wildman–Crippen MR) is 126 cm³/mol. The molecule has 1 aromatic heterocycles. The smallest absolute Gasteiger partial charge is 0.337 e. The Bertz CT molecular complexity index is 1210. The minimum Gasteiger partial charge on any atom is -0.465 e. The number of anilines is 1. The Balaban J connectivity index is 1.53. The number of hydrogen-bond donors (Lipinski definition) is 1. The molecule has 1 amide bonds. The van der Waals surface area contributed by atoms with Gasteiger partial charge in [0.25, 0.3) is 5.56 Å². The van der Waals surface area contributed by atoms with E-state index in [1.807, 2.05) is 30.3 Å². The number of para-hydroxylation sites is 1. The molecule has 1 aliphatic rings. The molecule has 1 N–H and O–H groups in total. The van der Waals surface area contributed by atoms with Gasteiger partial charge in [-0.05, 0) is 36.4 Å². The summed E-state index contributed by atoms with van der Waals surface area (Å²) in [5.74, 6) is -0.593. The number of carbonyl (C=O) groups excluding carboxylic acids is 2. The minimum absolute atomic E-state index is 0.0828. The van der Waals surface area contributed by atoms with Gasteiger partial charge in [-0.15, -0.1) is 11.8 Å². The number of carbonyl (C=O) groups is 2. The molecule has 164 valence electrons. The van der Waals surface area contributed by atoms with E-state index in [4.69, 9.17) is 4.98 Å². The van der Waals surface area contributed by atoms with Gasteiger partial charge in [0.2, 0.25) is 5.91 Å². The summed E-state index contributed by atoms with van der Waals surface area (Å²) in [5.41, 5.74) is 2.38. The van der Waals surface area contributed by atoms with E-state index in [1.165, 1.54) is 18.9 Å². The topological polar surface area (TPSA) is 90.3 Å². The van der Waals surface area contributed by atoms with Crippen molar-refractivity contribution in [2.75, 3.05) is 18.2 Å². The van der Waals surface area contributed by atoms with Crippen molar-refractivity contribution in [2.45, 2.75) is 28.6 Å². The summed E-state index contributed by atoms with van der Waals surface area (Å²) in [6.07, 6.45) is 0.733. The van der Waals surface area contributed by atoms with Crippen LogP contribution in [0.1, 0.15) is 23.0 Å². The molecule has 1 unspecified atom stereocenters. The van der Waals surface area contributed by atoms with E-state index >= 15 is 0 Å². The van der Waals surface area contributed by atoms with Gasteiger partial charge in [-0.2, -0.15) is 0 Å². The first kappa shape index (κ1) is 22.2. The number of methoxy groups -OCH3 is 1. The highest BCUT2D eigenvalue weighted by Crippen LogP contribution is 2.34. The lowest BCUT2D eigenvalue weighted by Crippen LogP contribution is -2.24. The van der Waals surface area contributed by atoms with Crippen molar-refractivity contribution in [1.29, 1.82) is 0 Å². The maximum Gasteiger partial charge on any atom is 0.337 e. The first-order valence-corrected chi connectivity index (χ1v) is 11.8. The van der Waals surface area contributed by atoms with Crippen LogP contribution in [0, 0.1) is 0 Å². The second kappa shape index (κ2) is 9.62. The molecule has 9 heteroatoms. The Morgan fingerprint density at radius 2 is 1.91 bits per heavy atom. The van der Waals surface area contributed by atoms with Gasteiger partial charge in [-0.1, -0.05) is 36.9 Å². The van der Waals surface area contributed by atoms with Crippen molar-refractivity contribution in [1.82, 2.24) is 9.55 Å². The highest BCUT2D eigenvalue weighted by molar-refractivity contribution is 8.00. The number of aromatic nitrogens is 2. The fourth-order valence-electron chi connectivity index (χ4n) is 3.34. The van der Waals surface area contributed by atoms with Crippen LogP contribution in [0.15, 0.2) is 69.4 Å². The van der Waals surface area contributed by atoms with Gasteiger partial charge in [-0.3, -0.25) is 14.2 Å². The van der Waals surface area contributed by atoms with Crippen LogP contribution in [-0.2, 0) is 16.0 Å². The Kier molecular flexibility index (Phi) is 6.66. The van der Waals surface area contributed by atoms with Crippen LogP contribution in [0.5, 0.6) is 0 Å². The standard InChI is InChI=1S/C23H21N3O4S2/c1-14-12-18-20(32-14)21(28)26(17-6-4-3-5-7-17)23(25-18)31-13-19(27)24-16-10-8-15(9-11-16)22(29)30-2/h3-11,14H,12-13H2,1-2H3,(H,24,27). The number of nitrogens with zero attached hydrogens (tertiary/aromatic N) is 2. The van der Waals surface area contributed by atoms with Crippen LogP contribution in [0.2, 0.25) is 0 Å². The van der Waals surface area contributed by atoms with Crippen molar-refractivity contribution in [3.63, 3.8) is 0 Å². The monoisotopic (exact) mass is 467 g/mol. The van der Waals surface area contributed by atoms with E-state index in [9.17, 15) is 14.4 Å². The molecule has 0 spiro atoms. The number of rotatable bonds is 6. The van der Waals surface area contributed by atoms with Gasteiger partial charge in [-0.25, -0.2) is 9.78 Å². The van der Waals surface area contributed by atoms with Crippen LogP contribution < -0.4 is 10.9 Å². The fraction of sp³-hybridized carbons (Fsp3) is 0.217. The van der Waals surface area contributed by atoms with Crippen molar-refractivity contribution >= 4 is 41.1 Å². The van der Waals surface area contributed by atoms with Gasteiger partial charge < -0.3 is 10.1 Å². The lowest BCUT2D eigenvalue weighted by atomic mass is 10.2. The SMILES string of the molecule is COC(=O)c1ccc(NC(=O)CSc2nc3c(c(=O)n2-c2ccccc2)SC(C)C3)cc1. The number of benzene rings is 2. The lowest BCUT2D eigenvalue weighted by molar-refractivity contribution is -0.113. The number of hydrogen-bond acceptors (Lipinski definition) is 7. The predicted octanol–water partition coefficient (Wildman–Crippen LogP) is 3.79. The van der Waals surface area contributed by atoms with Crippen LogP contribution in [-0.4, -0.2) is 39.5 Å². The Morgan fingerprint density at radius 1 is 1.19 bits per heavy atom. The third-order valence-corrected chi connectivity index (χ3v) is 6.97. The van der Waals surface area contributed by atoms with Crippen molar-refractivity contribution in [3.05, 3.63) is 76.2 Å². The summed E-state index contributed by atoms with van der Waals surface area (Å²) in [6, 6.07) is 15.8. The third-order valence-electron chi connectivity index (χ3n) is 4.82. The molecule has 2 aromatic carbocycles. The molecular weight excluding hydrogens is 446 g/mol. The molecule has 1 aliphatic heterocycles. The average molecular weight is 468 g/mol. The molecule has 7 nitrogen and oxygen atoms in total. The van der Waals surface area contributed by atoms with Crippen LogP contribution in [0.4, 0.5) is 5.69 Å². The minimum atomic E-state index is -0.438. The molecule has 2 heterocycles. The number of esters is 1. The molecule has 0 aliphatic carbocycles. The highest BCUT2D eigenvalue weighted by atomic mass is 32.2. The number of nitrogens with one attached hydrogen (secondary N) is 1. The van der Waals surface area contributed by atoms with Gasteiger partial charge in [0.1, 0.15) is 0 Å². The zero-order valence-corrected chi connectivity index (χ0v) is 19.2. The van der Waals surface area contributed by atoms with Crippen LogP contribution >= 0.6 is 23.5 Å². The van der Waals surface area contributed by atoms with Gasteiger partial charge in [0.05, 0.1) is 34.7 Å². The first-order valence-electron chi connectivity index (χ1n) is 9.95. The molecule has 1 atom stereocenters. The molecule has 0 saturated carbocycles. The van der Waals surface area contributed by atoms with Gasteiger partial charge >= 0.3 is 5.97 Å². The van der Waals surface area contributed by atoms with E-state index in [1.54, 1.807) is 40.6 Å². The normalized spacial score (nSPS) is 14.6. The zero-order valence-electron chi connectivity index (χ0n) is 17.5. The second-order valence-corrected chi connectivity index (χ2v) is 9.58. The maximum absolute atomic E-state index is 13.2. The Labute approximate surface area is 193 Å². The van der Waals surface area contributed by atoms with E-state index in [0.717, 1.165) is 12.1 Å². The maximum atomic E-state index is 13.2. The average Bonchev–Trinajstić information content (AvgIpc) is 3.19. The van der Waals surface area contributed by atoms with E-state index in [-0.39, 0.29) is 17.2 Å². The van der Waals surface area contributed by atoms with Gasteiger partial charge in [0.15, 0.2) is 5.16 Å². The number of amides is 1. The van der Waals surface area contributed by atoms with Crippen molar-refractivity contribution in [3.8, 4) is 5.69 Å². The van der Waals surface area contributed by atoms with Crippen LogP contribution in [0.3, 0.4) is 0 Å². The largest absolute Gasteiger partial charge is 0.465 e. The summed E-state index contributed by atoms with van der Waals surface area (Å²) < 4.78 is 6.25.